The SMILES string of the molecule is CCC(CC)N(CCO)c1ccc(F)cc1CNC. The van der Waals surface area contributed by atoms with Crippen LogP contribution in [0.2, 0.25) is 0 Å². The third kappa shape index (κ3) is 4.18. The quantitative estimate of drug-likeness (QED) is 0.760. The number of nitrogens with one attached hydrogen (secondary N) is 1. The maximum atomic E-state index is 13.4. The van der Waals surface area contributed by atoms with Gasteiger partial charge in [-0.15, -0.1) is 0 Å². The van der Waals surface area contributed by atoms with E-state index < -0.39 is 0 Å². The Bertz CT molecular complexity index is 380. The molecule has 1 aromatic rings. The number of halogens is 1. The molecule has 1 aromatic carbocycles. The van der Waals surface area contributed by atoms with E-state index in [-0.39, 0.29) is 12.4 Å². The Balaban J connectivity index is 3.13. The highest BCUT2D eigenvalue weighted by Gasteiger charge is 2.18. The molecule has 0 aliphatic carbocycles. The predicted molar refractivity (Wildman–Crippen MR) is 78.0 cm³/mol. The highest BCUT2D eigenvalue weighted by atomic mass is 19.1. The lowest BCUT2D eigenvalue weighted by molar-refractivity contribution is 0.296. The van der Waals surface area contributed by atoms with Gasteiger partial charge in [0.05, 0.1) is 6.61 Å². The normalized spacial score (nSPS) is 11.1. The van der Waals surface area contributed by atoms with Gasteiger partial charge < -0.3 is 15.3 Å². The molecule has 0 aliphatic rings. The summed E-state index contributed by atoms with van der Waals surface area (Å²) in [6.45, 7) is 5.58. The fraction of sp³-hybridized carbons (Fsp3) is 0.600. The van der Waals surface area contributed by atoms with E-state index in [1.54, 1.807) is 6.07 Å². The van der Waals surface area contributed by atoms with E-state index in [4.69, 9.17) is 0 Å². The Morgan fingerprint density at radius 1 is 1.32 bits per heavy atom. The summed E-state index contributed by atoms with van der Waals surface area (Å²) in [6, 6.07) is 5.24. The summed E-state index contributed by atoms with van der Waals surface area (Å²) < 4.78 is 13.4. The highest BCUT2D eigenvalue weighted by molar-refractivity contribution is 5.54. The van der Waals surface area contributed by atoms with Gasteiger partial charge in [0, 0.05) is 24.8 Å². The van der Waals surface area contributed by atoms with E-state index in [2.05, 4.69) is 24.1 Å². The minimum Gasteiger partial charge on any atom is -0.395 e. The highest BCUT2D eigenvalue weighted by Crippen LogP contribution is 2.25. The first-order valence-electron chi connectivity index (χ1n) is 6.98. The van der Waals surface area contributed by atoms with Gasteiger partial charge in [-0.05, 0) is 43.7 Å². The second-order valence-electron chi connectivity index (χ2n) is 4.69. The predicted octanol–water partition coefficient (Wildman–Crippen LogP) is 2.53. The molecule has 0 radical (unpaired) electrons. The average molecular weight is 268 g/mol. The number of hydrogen-bond donors (Lipinski definition) is 2. The van der Waals surface area contributed by atoms with Gasteiger partial charge in [0.15, 0.2) is 0 Å². The van der Waals surface area contributed by atoms with Crippen LogP contribution in [0.3, 0.4) is 0 Å². The van der Waals surface area contributed by atoms with Crippen LogP contribution in [0.1, 0.15) is 32.3 Å². The Hall–Kier alpha value is -1.13. The molecule has 108 valence electrons. The summed E-state index contributed by atoms with van der Waals surface area (Å²) >= 11 is 0. The van der Waals surface area contributed by atoms with Crippen molar-refractivity contribution in [3.63, 3.8) is 0 Å². The standard InChI is InChI=1S/C15H25FN2O/c1-4-14(5-2)18(8-9-19)15-7-6-13(16)10-12(15)11-17-3/h6-7,10,14,17,19H,4-5,8-9,11H2,1-3H3. The number of rotatable bonds is 8. The molecule has 0 bridgehead atoms. The molecule has 0 saturated carbocycles. The third-order valence-corrected chi connectivity index (χ3v) is 3.44. The van der Waals surface area contributed by atoms with Crippen molar-refractivity contribution in [2.24, 2.45) is 0 Å². The first-order valence-corrected chi connectivity index (χ1v) is 6.98. The van der Waals surface area contributed by atoms with Gasteiger partial charge in [-0.1, -0.05) is 13.8 Å². The van der Waals surface area contributed by atoms with Crippen LogP contribution < -0.4 is 10.2 Å². The molecule has 19 heavy (non-hydrogen) atoms. The molecule has 0 saturated heterocycles. The molecule has 0 unspecified atom stereocenters. The number of nitrogens with zero attached hydrogens (tertiary/aromatic N) is 1. The first-order chi connectivity index (χ1) is 9.17. The van der Waals surface area contributed by atoms with Crippen molar-refractivity contribution in [1.82, 2.24) is 5.32 Å². The average Bonchev–Trinajstić information content (AvgIpc) is 2.40. The number of benzene rings is 1. The molecular weight excluding hydrogens is 243 g/mol. The van der Waals surface area contributed by atoms with Crippen molar-refractivity contribution in [1.29, 1.82) is 0 Å². The van der Waals surface area contributed by atoms with Crippen LogP contribution in [0, 0.1) is 5.82 Å². The van der Waals surface area contributed by atoms with Crippen LogP contribution in [0.25, 0.3) is 0 Å². The molecular formula is C15H25FN2O. The topological polar surface area (TPSA) is 35.5 Å². The van der Waals surface area contributed by atoms with Crippen molar-refractivity contribution in [2.75, 3.05) is 25.1 Å². The van der Waals surface area contributed by atoms with Crippen LogP contribution in [0.5, 0.6) is 0 Å². The minimum absolute atomic E-state index is 0.104. The van der Waals surface area contributed by atoms with Crippen molar-refractivity contribution in [3.8, 4) is 0 Å². The van der Waals surface area contributed by atoms with E-state index >= 15 is 0 Å². The van der Waals surface area contributed by atoms with Gasteiger partial charge in [0.1, 0.15) is 5.82 Å². The second kappa shape index (κ2) is 8.12. The summed E-state index contributed by atoms with van der Waals surface area (Å²) in [6.07, 6.45) is 2.01. The van der Waals surface area contributed by atoms with Crippen molar-refractivity contribution in [2.45, 2.75) is 39.3 Å². The van der Waals surface area contributed by atoms with E-state index in [9.17, 15) is 9.50 Å². The van der Waals surface area contributed by atoms with Crippen molar-refractivity contribution in [3.05, 3.63) is 29.6 Å². The lowest BCUT2D eigenvalue weighted by Crippen LogP contribution is -2.37. The van der Waals surface area contributed by atoms with Gasteiger partial charge in [0.2, 0.25) is 0 Å². The van der Waals surface area contributed by atoms with Crippen LogP contribution in [-0.2, 0) is 6.54 Å². The van der Waals surface area contributed by atoms with Gasteiger partial charge >= 0.3 is 0 Å². The number of aliphatic hydroxyl groups excluding tert-OH is 1. The molecule has 4 heteroatoms. The molecule has 1 rings (SSSR count). The second-order valence-corrected chi connectivity index (χ2v) is 4.69. The zero-order valence-electron chi connectivity index (χ0n) is 12.1. The Morgan fingerprint density at radius 2 is 2.00 bits per heavy atom. The number of aliphatic hydroxyl groups is 1. The summed E-state index contributed by atoms with van der Waals surface area (Å²) in [7, 11) is 1.85. The molecule has 0 spiro atoms. The maximum absolute atomic E-state index is 13.4. The molecule has 0 atom stereocenters. The lowest BCUT2D eigenvalue weighted by Gasteiger charge is -2.33. The van der Waals surface area contributed by atoms with E-state index in [0.717, 1.165) is 24.1 Å². The molecule has 0 fully saturated rings. The zero-order valence-corrected chi connectivity index (χ0v) is 12.1. The summed E-state index contributed by atoms with van der Waals surface area (Å²) in [5.74, 6) is -0.220. The molecule has 0 aliphatic heterocycles. The fourth-order valence-electron chi connectivity index (χ4n) is 2.50. The Labute approximate surface area is 115 Å². The Morgan fingerprint density at radius 3 is 2.53 bits per heavy atom. The fourth-order valence-corrected chi connectivity index (χ4v) is 2.50. The number of hydrogen-bond acceptors (Lipinski definition) is 3. The van der Waals surface area contributed by atoms with E-state index in [1.165, 1.54) is 6.07 Å². The molecule has 0 aromatic heterocycles. The van der Waals surface area contributed by atoms with Crippen LogP contribution in [-0.4, -0.2) is 31.3 Å². The van der Waals surface area contributed by atoms with Gasteiger partial charge in [-0.3, -0.25) is 0 Å². The van der Waals surface area contributed by atoms with Crippen LogP contribution in [0.4, 0.5) is 10.1 Å². The molecule has 0 amide bonds. The van der Waals surface area contributed by atoms with E-state index in [0.29, 0.717) is 19.1 Å². The lowest BCUT2D eigenvalue weighted by atomic mass is 10.1. The van der Waals surface area contributed by atoms with E-state index in [1.807, 2.05) is 13.1 Å². The van der Waals surface area contributed by atoms with Gasteiger partial charge in [-0.25, -0.2) is 4.39 Å². The molecule has 0 heterocycles. The zero-order chi connectivity index (χ0) is 14.3. The molecule has 3 nitrogen and oxygen atoms in total. The third-order valence-electron chi connectivity index (χ3n) is 3.44. The largest absolute Gasteiger partial charge is 0.395 e. The summed E-state index contributed by atoms with van der Waals surface area (Å²) in [4.78, 5) is 2.19. The molecule has 2 N–H and O–H groups in total. The van der Waals surface area contributed by atoms with Gasteiger partial charge in [-0.2, -0.15) is 0 Å². The van der Waals surface area contributed by atoms with Crippen LogP contribution in [0.15, 0.2) is 18.2 Å². The monoisotopic (exact) mass is 268 g/mol. The van der Waals surface area contributed by atoms with Crippen molar-refractivity contribution >= 4 is 5.69 Å². The minimum atomic E-state index is -0.220. The maximum Gasteiger partial charge on any atom is 0.123 e. The summed E-state index contributed by atoms with van der Waals surface area (Å²) in [5, 5.41) is 12.3. The smallest absolute Gasteiger partial charge is 0.123 e. The Kier molecular flexibility index (Phi) is 6.81. The van der Waals surface area contributed by atoms with Crippen molar-refractivity contribution < 1.29 is 9.50 Å². The van der Waals surface area contributed by atoms with Crippen LogP contribution >= 0.6 is 0 Å². The first kappa shape index (κ1) is 15.9. The van der Waals surface area contributed by atoms with Gasteiger partial charge in [0.25, 0.3) is 0 Å². The number of anilines is 1. The summed E-state index contributed by atoms with van der Waals surface area (Å²) in [5.41, 5.74) is 1.95.